The van der Waals surface area contributed by atoms with E-state index in [2.05, 4.69) is 0 Å². The highest BCUT2D eigenvalue weighted by molar-refractivity contribution is 7.14. The van der Waals surface area contributed by atoms with Gasteiger partial charge in [-0.25, -0.2) is 8.78 Å². The van der Waals surface area contributed by atoms with Crippen LogP contribution in [0.15, 0.2) is 30.3 Å². The van der Waals surface area contributed by atoms with Gasteiger partial charge in [-0.05, 0) is 44.2 Å². The number of Topliss-reactive ketones (excluding diaryl/α,β-unsaturated/α-hetero) is 1. The van der Waals surface area contributed by atoms with Crippen LogP contribution in [-0.2, 0) is 4.79 Å². The standard InChI is InChI=1S/C18H19F2NO2S/c1-11-4-8-17(24-11)16(22)7-9-18(23)21(3)12(2)14-10-13(19)5-6-15(14)20/h4-6,8,10,12H,7,9H2,1-3H3. The van der Waals surface area contributed by atoms with E-state index in [0.717, 1.165) is 23.1 Å². The maximum absolute atomic E-state index is 13.8. The lowest BCUT2D eigenvalue weighted by atomic mass is 10.1. The van der Waals surface area contributed by atoms with Crippen LogP contribution in [0.2, 0.25) is 0 Å². The van der Waals surface area contributed by atoms with E-state index in [-0.39, 0.29) is 30.1 Å². The van der Waals surface area contributed by atoms with Crippen LogP contribution < -0.4 is 0 Å². The summed E-state index contributed by atoms with van der Waals surface area (Å²) in [5.41, 5.74) is 0.117. The molecule has 0 saturated heterocycles. The van der Waals surface area contributed by atoms with Crippen molar-refractivity contribution in [3.05, 3.63) is 57.3 Å². The number of aryl methyl sites for hydroxylation is 1. The Morgan fingerprint density at radius 2 is 1.88 bits per heavy atom. The van der Waals surface area contributed by atoms with Crippen molar-refractivity contribution in [2.24, 2.45) is 0 Å². The van der Waals surface area contributed by atoms with Gasteiger partial charge < -0.3 is 4.90 Å². The van der Waals surface area contributed by atoms with Crippen molar-refractivity contribution in [2.45, 2.75) is 32.7 Å². The van der Waals surface area contributed by atoms with Gasteiger partial charge in [0.15, 0.2) is 5.78 Å². The summed E-state index contributed by atoms with van der Waals surface area (Å²) in [6.07, 6.45) is 0.134. The summed E-state index contributed by atoms with van der Waals surface area (Å²) in [6.45, 7) is 3.54. The van der Waals surface area contributed by atoms with E-state index in [4.69, 9.17) is 0 Å². The SMILES string of the molecule is Cc1ccc(C(=O)CCC(=O)N(C)C(C)c2cc(F)ccc2F)s1. The maximum atomic E-state index is 13.8. The van der Waals surface area contributed by atoms with Gasteiger partial charge in [0.2, 0.25) is 5.91 Å². The Morgan fingerprint density at radius 1 is 1.17 bits per heavy atom. The monoisotopic (exact) mass is 351 g/mol. The lowest BCUT2D eigenvalue weighted by Crippen LogP contribution is -2.30. The van der Waals surface area contributed by atoms with Gasteiger partial charge in [-0.1, -0.05) is 0 Å². The third-order valence-electron chi connectivity index (χ3n) is 3.96. The predicted octanol–water partition coefficient (Wildman–Crippen LogP) is 4.52. The Morgan fingerprint density at radius 3 is 2.50 bits per heavy atom. The number of rotatable bonds is 6. The van der Waals surface area contributed by atoms with E-state index in [9.17, 15) is 18.4 Å². The van der Waals surface area contributed by atoms with Gasteiger partial charge in [0, 0.05) is 30.3 Å². The first-order chi connectivity index (χ1) is 11.3. The van der Waals surface area contributed by atoms with Crippen molar-refractivity contribution >= 4 is 23.0 Å². The molecule has 0 N–H and O–H groups in total. The molecule has 0 saturated carbocycles. The number of carbonyl (C=O) groups excluding carboxylic acids is 2. The molecule has 24 heavy (non-hydrogen) atoms. The van der Waals surface area contributed by atoms with E-state index < -0.39 is 17.7 Å². The molecule has 0 aliphatic rings. The highest BCUT2D eigenvalue weighted by atomic mass is 32.1. The molecule has 2 aromatic rings. The molecule has 0 aliphatic heterocycles. The molecule has 1 aromatic carbocycles. The van der Waals surface area contributed by atoms with E-state index in [1.165, 1.54) is 23.3 Å². The molecular weight excluding hydrogens is 332 g/mol. The fourth-order valence-corrected chi connectivity index (χ4v) is 3.20. The summed E-state index contributed by atoms with van der Waals surface area (Å²) in [4.78, 5) is 27.3. The number of nitrogens with zero attached hydrogens (tertiary/aromatic N) is 1. The van der Waals surface area contributed by atoms with Crippen LogP contribution in [0.5, 0.6) is 0 Å². The number of carbonyl (C=O) groups is 2. The Hall–Kier alpha value is -2.08. The zero-order valence-electron chi connectivity index (χ0n) is 13.8. The van der Waals surface area contributed by atoms with Gasteiger partial charge in [0.05, 0.1) is 10.9 Å². The highest BCUT2D eigenvalue weighted by Gasteiger charge is 2.21. The Labute approximate surface area is 143 Å². The molecule has 0 bridgehead atoms. The first kappa shape index (κ1) is 18.3. The number of ketones is 1. The largest absolute Gasteiger partial charge is 0.339 e. The number of hydrogen-bond donors (Lipinski definition) is 0. The summed E-state index contributed by atoms with van der Waals surface area (Å²) in [5, 5.41) is 0. The van der Waals surface area contributed by atoms with Crippen LogP contribution in [0.4, 0.5) is 8.78 Å². The van der Waals surface area contributed by atoms with Gasteiger partial charge in [-0.3, -0.25) is 9.59 Å². The van der Waals surface area contributed by atoms with E-state index in [1.54, 1.807) is 13.0 Å². The molecule has 1 aromatic heterocycles. The van der Waals surface area contributed by atoms with E-state index >= 15 is 0 Å². The molecule has 2 rings (SSSR count). The van der Waals surface area contributed by atoms with Crippen molar-refractivity contribution in [1.82, 2.24) is 4.90 Å². The average Bonchev–Trinajstić information content (AvgIpc) is 2.99. The van der Waals surface area contributed by atoms with Crippen LogP contribution in [-0.4, -0.2) is 23.6 Å². The van der Waals surface area contributed by atoms with Crippen LogP contribution in [0, 0.1) is 18.6 Å². The summed E-state index contributed by atoms with van der Waals surface area (Å²) in [6, 6.07) is 6.16. The Balaban J connectivity index is 1.98. The fourth-order valence-electron chi connectivity index (χ4n) is 2.36. The molecule has 1 unspecified atom stereocenters. The van der Waals surface area contributed by atoms with Crippen LogP contribution >= 0.6 is 11.3 Å². The number of amides is 1. The van der Waals surface area contributed by atoms with Crippen molar-refractivity contribution in [1.29, 1.82) is 0 Å². The third-order valence-corrected chi connectivity index (χ3v) is 5.01. The number of hydrogen-bond acceptors (Lipinski definition) is 3. The second-order valence-electron chi connectivity index (χ2n) is 5.68. The van der Waals surface area contributed by atoms with Crippen LogP contribution in [0.25, 0.3) is 0 Å². The maximum Gasteiger partial charge on any atom is 0.223 e. The Kier molecular flexibility index (Phi) is 5.83. The lowest BCUT2D eigenvalue weighted by Gasteiger charge is -2.25. The van der Waals surface area contributed by atoms with Gasteiger partial charge in [-0.2, -0.15) is 0 Å². The number of halogens is 2. The quantitative estimate of drug-likeness (QED) is 0.718. The minimum atomic E-state index is -0.618. The van der Waals surface area contributed by atoms with Crippen molar-refractivity contribution in [3.63, 3.8) is 0 Å². The highest BCUT2D eigenvalue weighted by Crippen LogP contribution is 2.24. The molecule has 128 valence electrons. The second kappa shape index (κ2) is 7.66. The molecule has 6 heteroatoms. The summed E-state index contributed by atoms with van der Waals surface area (Å²) >= 11 is 1.40. The van der Waals surface area contributed by atoms with Crippen LogP contribution in [0.1, 0.15) is 45.9 Å². The first-order valence-electron chi connectivity index (χ1n) is 7.60. The second-order valence-corrected chi connectivity index (χ2v) is 6.97. The van der Waals surface area contributed by atoms with Gasteiger partial charge in [-0.15, -0.1) is 11.3 Å². The van der Waals surface area contributed by atoms with Crippen molar-refractivity contribution < 1.29 is 18.4 Å². The van der Waals surface area contributed by atoms with Gasteiger partial charge in [0.1, 0.15) is 11.6 Å². The minimum absolute atomic E-state index is 0.0353. The number of benzene rings is 1. The van der Waals surface area contributed by atoms with E-state index in [1.807, 2.05) is 13.0 Å². The van der Waals surface area contributed by atoms with Gasteiger partial charge >= 0.3 is 0 Å². The van der Waals surface area contributed by atoms with E-state index in [0.29, 0.717) is 4.88 Å². The van der Waals surface area contributed by atoms with Crippen LogP contribution in [0.3, 0.4) is 0 Å². The fraction of sp³-hybridized carbons (Fsp3) is 0.333. The first-order valence-corrected chi connectivity index (χ1v) is 8.41. The molecule has 0 fully saturated rings. The zero-order chi connectivity index (χ0) is 17.9. The topological polar surface area (TPSA) is 37.4 Å². The molecule has 1 atom stereocenters. The molecule has 0 radical (unpaired) electrons. The molecule has 0 spiro atoms. The predicted molar refractivity (Wildman–Crippen MR) is 90.2 cm³/mol. The van der Waals surface area contributed by atoms with Crippen molar-refractivity contribution in [3.8, 4) is 0 Å². The molecule has 3 nitrogen and oxygen atoms in total. The number of thiophene rings is 1. The lowest BCUT2D eigenvalue weighted by molar-refractivity contribution is -0.131. The zero-order valence-corrected chi connectivity index (χ0v) is 14.6. The summed E-state index contributed by atoms with van der Waals surface area (Å²) in [5.74, 6) is -1.48. The average molecular weight is 351 g/mol. The smallest absolute Gasteiger partial charge is 0.223 e. The normalized spacial score (nSPS) is 12.0. The molecular formula is C18H19F2NO2S. The Bertz CT molecular complexity index is 757. The molecule has 0 aliphatic carbocycles. The third kappa shape index (κ3) is 4.26. The summed E-state index contributed by atoms with van der Waals surface area (Å²) in [7, 11) is 1.52. The van der Waals surface area contributed by atoms with Crippen molar-refractivity contribution in [2.75, 3.05) is 7.05 Å². The molecule has 1 amide bonds. The van der Waals surface area contributed by atoms with Gasteiger partial charge in [0.25, 0.3) is 0 Å². The molecule has 1 heterocycles. The minimum Gasteiger partial charge on any atom is -0.339 e. The summed E-state index contributed by atoms with van der Waals surface area (Å²) < 4.78 is 27.1.